The SMILES string of the molecule is COCCNCC(C)(Cc1ccc(Cl)cc1)C(C)C. The largest absolute Gasteiger partial charge is 0.383 e. The Kier molecular flexibility index (Phi) is 6.84. The van der Waals surface area contributed by atoms with Gasteiger partial charge in [0.2, 0.25) is 0 Å². The number of ether oxygens (including phenoxy) is 1. The van der Waals surface area contributed by atoms with E-state index in [0.29, 0.717) is 5.92 Å². The monoisotopic (exact) mass is 283 g/mol. The summed E-state index contributed by atoms with van der Waals surface area (Å²) < 4.78 is 5.07. The summed E-state index contributed by atoms with van der Waals surface area (Å²) >= 11 is 5.94. The average Bonchev–Trinajstić information content (AvgIpc) is 2.37. The van der Waals surface area contributed by atoms with Crippen LogP contribution in [0, 0.1) is 11.3 Å². The minimum Gasteiger partial charge on any atom is -0.383 e. The van der Waals surface area contributed by atoms with Crippen molar-refractivity contribution in [3.05, 3.63) is 34.9 Å². The standard InChI is InChI=1S/C16H26ClNO/c1-13(2)16(3,12-18-9-10-19-4)11-14-5-7-15(17)8-6-14/h5-8,13,18H,9-12H2,1-4H3. The summed E-state index contributed by atoms with van der Waals surface area (Å²) in [6.07, 6.45) is 1.06. The molecule has 0 aliphatic carbocycles. The maximum Gasteiger partial charge on any atom is 0.0587 e. The van der Waals surface area contributed by atoms with Crippen LogP contribution in [0.5, 0.6) is 0 Å². The van der Waals surface area contributed by atoms with Crippen LogP contribution in [0.2, 0.25) is 5.02 Å². The molecule has 0 aliphatic heterocycles. The molecule has 0 heterocycles. The van der Waals surface area contributed by atoms with Gasteiger partial charge in [0.05, 0.1) is 6.61 Å². The van der Waals surface area contributed by atoms with Crippen molar-refractivity contribution in [2.24, 2.45) is 11.3 Å². The number of rotatable bonds is 8. The van der Waals surface area contributed by atoms with Crippen molar-refractivity contribution in [3.63, 3.8) is 0 Å². The number of halogens is 1. The van der Waals surface area contributed by atoms with Gasteiger partial charge >= 0.3 is 0 Å². The topological polar surface area (TPSA) is 21.3 Å². The van der Waals surface area contributed by atoms with E-state index in [-0.39, 0.29) is 5.41 Å². The minimum absolute atomic E-state index is 0.238. The molecule has 19 heavy (non-hydrogen) atoms. The number of hydrogen-bond donors (Lipinski definition) is 1. The van der Waals surface area contributed by atoms with Crippen molar-refractivity contribution < 1.29 is 4.74 Å². The van der Waals surface area contributed by atoms with E-state index < -0.39 is 0 Å². The Morgan fingerprint density at radius 1 is 1.26 bits per heavy atom. The molecule has 0 radical (unpaired) electrons. The van der Waals surface area contributed by atoms with Crippen LogP contribution >= 0.6 is 11.6 Å². The van der Waals surface area contributed by atoms with E-state index in [0.717, 1.165) is 31.1 Å². The third-order valence-corrected chi connectivity index (χ3v) is 4.18. The Labute approximate surface area is 122 Å². The molecule has 0 bridgehead atoms. The normalized spacial score (nSPS) is 14.6. The molecule has 0 aliphatic rings. The molecule has 1 aromatic rings. The van der Waals surface area contributed by atoms with Gasteiger partial charge in [-0.15, -0.1) is 0 Å². The first-order chi connectivity index (χ1) is 8.98. The highest BCUT2D eigenvalue weighted by Gasteiger charge is 2.28. The Morgan fingerprint density at radius 2 is 1.89 bits per heavy atom. The van der Waals surface area contributed by atoms with Gasteiger partial charge in [0.25, 0.3) is 0 Å². The summed E-state index contributed by atoms with van der Waals surface area (Å²) in [5.41, 5.74) is 1.58. The number of methoxy groups -OCH3 is 1. The minimum atomic E-state index is 0.238. The van der Waals surface area contributed by atoms with Crippen molar-refractivity contribution in [3.8, 4) is 0 Å². The number of benzene rings is 1. The van der Waals surface area contributed by atoms with Gasteiger partial charge in [-0.2, -0.15) is 0 Å². The number of nitrogens with one attached hydrogen (secondary N) is 1. The Morgan fingerprint density at radius 3 is 2.42 bits per heavy atom. The number of hydrogen-bond acceptors (Lipinski definition) is 2. The van der Waals surface area contributed by atoms with Crippen molar-refractivity contribution in [2.75, 3.05) is 26.8 Å². The molecular formula is C16H26ClNO. The lowest BCUT2D eigenvalue weighted by molar-refractivity contribution is 0.175. The van der Waals surface area contributed by atoms with Crippen LogP contribution < -0.4 is 5.32 Å². The summed E-state index contributed by atoms with van der Waals surface area (Å²) in [6.45, 7) is 9.57. The quantitative estimate of drug-likeness (QED) is 0.733. The molecule has 108 valence electrons. The van der Waals surface area contributed by atoms with Crippen LogP contribution in [0.15, 0.2) is 24.3 Å². The predicted octanol–water partition coefficient (Wildman–Crippen LogP) is 3.78. The van der Waals surface area contributed by atoms with Gasteiger partial charge in [0, 0.05) is 25.2 Å². The molecule has 0 amide bonds. The fourth-order valence-corrected chi connectivity index (χ4v) is 2.21. The second-order valence-electron chi connectivity index (χ2n) is 5.78. The van der Waals surface area contributed by atoms with Gasteiger partial charge < -0.3 is 10.1 Å². The van der Waals surface area contributed by atoms with Crippen LogP contribution in [0.25, 0.3) is 0 Å². The lowest BCUT2D eigenvalue weighted by Crippen LogP contribution is -2.39. The highest BCUT2D eigenvalue weighted by atomic mass is 35.5. The van der Waals surface area contributed by atoms with Gasteiger partial charge in [-0.05, 0) is 35.4 Å². The summed E-state index contributed by atoms with van der Waals surface area (Å²) in [5, 5.41) is 4.29. The van der Waals surface area contributed by atoms with Gasteiger partial charge in [-0.3, -0.25) is 0 Å². The van der Waals surface area contributed by atoms with E-state index in [1.54, 1.807) is 7.11 Å². The zero-order chi connectivity index (χ0) is 14.3. The molecule has 1 rings (SSSR count). The molecule has 1 atom stereocenters. The fraction of sp³-hybridized carbons (Fsp3) is 0.625. The summed E-state index contributed by atoms with van der Waals surface area (Å²) in [4.78, 5) is 0. The summed E-state index contributed by atoms with van der Waals surface area (Å²) in [5.74, 6) is 0.609. The van der Waals surface area contributed by atoms with E-state index in [9.17, 15) is 0 Å². The lowest BCUT2D eigenvalue weighted by atomic mass is 9.74. The maximum atomic E-state index is 5.94. The van der Waals surface area contributed by atoms with E-state index in [2.05, 4.69) is 38.2 Å². The molecule has 1 unspecified atom stereocenters. The molecule has 0 spiro atoms. The van der Waals surface area contributed by atoms with Crippen molar-refractivity contribution in [2.45, 2.75) is 27.2 Å². The molecule has 2 nitrogen and oxygen atoms in total. The second kappa shape index (κ2) is 7.88. The highest BCUT2D eigenvalue weighted by molar-refractivity contribution is 6.30. The zero-order valence-electron chi connectivity index (χ0n) is 12.5. The van der Waals surface area contributed by atoms with Crippen molar-refractivity contribution >= 4 is 11.6 Å². The summed E-state index contributed by atoms with van der Waals surface area (Å²) in [7, 11) is 1.73. The first-order valence-electron chi connectivity index (χ1n) is 6.92. The molecule has 3 heteroatoms. The summed E-state index contributed by atoms with van der Waals surface area (Å²) in [6, 6.07) is 8.18. The van der Waals surface area contributed by atoms with Gasteiger partial charge in [0.15, 0.2) is 0 Å². The molecule has 0 fully saturated rings. The van der Waals surface area contributed by atoms with E-state index in [1.807, 2.05) is 12.1 Å². The van der Waals surface area contributed by atoms with Crippen molar-refractivity contribution in [1.29, 1.82) is 0 Å². The third-order valence-electron chi connectivity index (χ3n) is 3.93. The Balaban J connectivity index is 2.62. The van der Waals surface area contributed by atoms with Gasteiger partial charge in [-0.25, -0.2) is 0 Å². The third kappa shape index (κ3) is 5.52. The predicted molar refractivity (Wildman–Crippen MR) is 82.8 cm³/mol. The van der Waals surface area contributed by atoms with Crippen LogP contribution in [0.1, 0.15) is 26.3 Å². The highest BCUT2D eigenvalue weighted by Crippen LogP contribution is 2.31. The zero-order valence-corrected chi connectivity index (χ0v) is 13.3. The average molecular weight is 284 g/mol. The molecule has 0 saturated carbocycles. The van der Waals surface area contributed by atoms with E-state index >= 15 is 0 Å². The molecule has 0 aromatic heterocycles. The molecule has 0 saturated heterocycles. The first-order valence-corrected chi connectivity index (χ1v) is 7.30. The van der Waals surface area contributed by atoms with E-state index in [1.165, 1.54) is 5.56 Å². The fourth-order valence-electron chi connectivity index (χ4n) is 2.09. The van der Waals surface area contributed by atoms with Crippen LogP contribution in [0.3, 0.4) is 0 Å². The Hall–Kier alpha value is -0.570. The van der Waals surface area contributed by atoms with Crippen LogP contribution in [-0.2, 0) is 11.2 Å². The first kappa shape index (κ1) is 16.5. The molecular weight excluding hydrogens is 258 g/mol. The maximum absolute atomic E-state index is 5.94. The molecule has 1 aromatic carbocycles. The second-order valence-corrected chi connectivity index (χ2v) is 6.22. The van der Waals surface area contributed by atoms with Gasteiger partial charge in [-0.1, -0.05) is 44.5 Å². The van der Waals surface area contributed by atoms with Crippen LogP contribution in [0.4, 0.5) is 0 Å². The Bertz CT molecular complexity index is 364. The van der Waals surface area contributed by atoms with Gasteiger partial charge in [0.1, 0.15) is 0 Å². The lowest BCUT2D eigenvalue weighted by Gasteiger charge is -2.34. The van der Waals surface area contributed by atoms with Crippen LogP contribution in [-0.4, -0.2) is 26.8 Å². The van der Waals surface area contributed by atoms with Crippen molar-refractivity contribution in [1.82, 2.24) is 5.32 Å². The smallest absolute Gasteiger partial charge is 0.0587 e. The molecule has 1 N–H and O–H groups in total. The van der Waals surface area contributed by atoms with E-state index in [4.69, 9.17) is 16.3 Å².